The van der Waals surface area contributed by atoms with E-state index in [0.29, 0.717) is 25.7 Å². The van der Waals surface area contributed by atoms with E-state index in [4.69, 9.17) is 20.4 Å². The smallest absolute Gasteiger partial charge is 0.306 e. The van der Waals surface area contributed by atoms with Crippen molar-refractivity contribution >= 4 is 23.9 Å². The van der Waals surface area contributed by atoms with E-state index in [-0.39, 0.29) is 24.7 Å². The van der Waals surface area contributed by atoms with E-state index in [1.165, 1.54) is 0 Å². The quantitative estimate of drug-likeness (QED) is 0.220. The minimum absolute atomic E-state index is 0.187. The number of aliphatic carboxylic acids is 4. The van der Waals surface area contributed by atoms with E-state index < -0.39 is 23.9 Å². The molecule has 2 unspecified atom stereocenters. The summed E-state index contributed by atoms with van der Waals surface area (Å²) < 4.78 is 0. The van der Waals surface area contributed by atoms with Crippen LogP contribution in [0, 0.1) is 11.8 Å². The molecule has 0 aliphatic rings. The molecule has 0 radical (unpaired) electrons. The summed E-state index contributed by atoms with van der Waals surface area (Å²) in [6.07, 6.45) is 10.1. The van der Waals surface area contributed by atoms with Gasteiger partial charge >= 0.3 is 23.9 Å². The molecule has 0 bridgehead atoms. The normalized spacial score (nSPS) is 12.3. The molecule has 176 valence electrons. The Balaban J connectivity index is 0. The molecule has 0 aromatic carbocycles. The number of carboxylic acids is 4. The van der Waals surface area contributed by atoms with E-state index >= 15 is 0 Å². The lowest BCUT2D eigenvalue weighted by Gasteiger charge is -2.10. The van der Waals surface area contributed by atoms with Crippen LogP contribution in [-0.2, 0) is 19.2 Å². The van der Waals surface area contributed by atoms with Crippen LogP contribution in [0.1, 0.15) is 104 Å². The van der Waals surface area contributed by atoms with Gasteiger partial charge in [-0.25, -0.2) is 0 Å². The lowest BCUT2D eigenvalue weighted by Crippen LogP contribution is -2.13. The van der Waals surface area contributed by atoms with Gasteiger partial charge in [0.2, 0.25) is 0 Å². The van der Waals surface area contributed by atoms with Gasteiger partial charge in [-0.15, -0.1) is 0 Å². The van der Waals surface area contributed by atoms with Crippen molar-refractivity contribution in [1.29, 1.82) is 0 Å². The lowest BCUT2D eigenvalue weighted by atomic mass is 9.95. The third-order valence-corrected chi connectivity index (χ3v) is 4.90. The topological polar surface area (TPSA) is 149 Å². The van der Waals surface area contributed by atoms with Gasteiger partial charge in [0, 0.05) is 12.8 Å². The fourth-order valence-corrected chi connectivity index (χ4v) is 2.89. The molecule has 4 N–H and O–H groups in total. The Morgan fingerprint density at radius 3 is 1.47 bits per heavy atom. The molecule has 0 saturated heterocycles. The fraction of sp³-hybridized carbons (Fsp3) is 0.818. The second-order valence-electron chi connectivity index (χ2n) is 7.76. The molecule has 8 nitrogen and oxygen atoms in total. The molecule has 2 atom stereocenters. The van der Waals surface area contributed by atoms with Crippen molar-refractivity contribution in [2.75, 3.05) is 0 Å². The molecule has 0 aromatic rings. The van der Waals surface area contributed by atoms with E-state index in [1.54, 1.807) is 6.92 Å². The summed E-state index contributed by atoms with van der Waals surface area (Å²) in [7, 11) is 0. The van der Waals surface area contributed by atoms with Crippen LogP contribution in [0.25, 0.3) is 0 Å². The third kappa shape index (κ3) is 22.2. The SMILES string of the molecule is CC(CCCCCCC(=O)O)C(=O)O.CCCCC(CCCCCC(=O)O)C(=O)O. The Bertz CT molecular complexity index is 490. The first-order valence-electron chi connectivity index (χ1n) is 11.0. The van der Waals surface area contributed by atoms with Crippen LogP contribution in [0.2, 0.25) is 0 Å². The van der Waals surface area contributed by atoms with Gasteiger partial charge in [-0.1, -0.05) is 58.8 Å². The molecular formula is C22H40O8. The van der Waals surface area contributed by atoms with Crippen molar-refractivity contribution in [3.05, 3.63) is 0 Å². The van der Waals surface area contributed by atoms with E-state index in [1.807, 2.05) is 6.92 Å². The minimum atomic E-state index is -0.777. The molecule has 0 fully saturated rings. The van der Waals surface area contributed by atoms with Crippen molar-refractivity contribution in [2.45, 2.75) is 104 Å². The average molecular weight is 433 g/mol. The molecule has 0 saturated carbocycles. The first-order valence-corrected chi connectivity index (χ1v) is 11.0. The zero-order chi connectivity index (χ0) is 23.4. The minimum Gasteiger partial charge on any atom is -0.481 e. The third-order valence-electron chi connectivity index (χ3n) is 4.90. The molecule has 0 aromatic heterocycles. The zero-order valence-corrected chi connectivity index (χ0v) is 18.5. The van der Waals surface area contributed by atoms with Crippen molar-refractivity contribution in [3.8, 4) is 0 Å². The zero-order valence-electron chi connectivity index (χ0n) is 18.5. The van der Waals surface area contributed by atoms with E-state index in [0.717, 1.165) is 51.4 Å². The van der Waals surface area contributed by atoms with Crippen LogP contribution in [0.15, 0.2) is 0 Å². The van der Waals surface area contributed by atoms with Gasteiger partial charge in [-0.3, -0.25) is 19.2 Å². The molecule has 0 amide bonds. The summed E-state index contributed by atoms with van der Waals surface area (Å²) in [5.74, 6) is -3.54. The Hall–Kier alpha value is -2.12. The fourth-order valence-electron chi connectivity index (χ4n) is 2.89. The highest BCUT2D eigenvalue weighted by Crippen LogP contribution is 2.17. The number of carboxylic acid groups (broad SMARTS) is 4. The van der Waals surface area contributed by atoms with Crippen LogP contribution in [0.3, 0.4) is 0 Å². The molecule has 0 aliphatic carbocycles. The molecular weight excluding hydrogens is 392 g/mol. The van der Waals surface area contributed by atoms with Crippen LogP contribution >= 0.6 is 0 Å². The predicted octanol–water partition coefficient (Wildman–Crippen LogP) is 5.04. The summed E-state index contributed by atoms with van der Waals surface area (Å²) in [4.78, 5) is 41.7. The van der Waals surface area contributed by atoms with Gasteiger partial charge < -0.3 is 20.4 Å². The van der Waals surface area contributed by atoms with Crippen LogP contribution < -0.4 is 0 Å². The summed E-state index contributed by atoms with van der Waals surface area (Å²) in [6.45, 7) is 3.74. The number of hydrogen-bond acceptors (Lipinski definition) is 4. The van der Waals surface area contributed by atoms with Gasteiger partial charge in [0.25, 0.3) is 0 Å². The van der Waals surface area contributed by atoms with Crippen molar-refractivity contribution in [2.24, 2.45) is 11.8 Å². The van der Waals surface area contributed by atoms with E-state index in [9.17, 15) is 19.2 Å². The predicted molar refractivity (Wildman–Crippen MR) is 114 cm³/mol. The maximum Gasteiger partial charge on any atom is 0.306 e. The summed E-state index contributed by atoms with van der Waals surface area (Å²) in [6, 6.07) is 0. The standard InChI is InChI=1S/C12H22O4.C10H18O4/c1-2-3-7-10(12(15)16)8-5-4-6-9-11(13)14;1-8(10(13)14)6-4-2-3-5-7-9(11)12/h10H,2-9H2,1H3,(H,13,14)(H,15,16);8H,2-7H2,1H3,(H,11,12)(H,13,14). The van der Waals surface area contributed by atoms with E-state index in [2.05, 4.69) is 0 Å². The number of hydrogen-bond donors (Lipinski definition) is 4. The van der Waals surface area contributed by atoms with Crippen molar-refractivity contribution in [3.63, 3.8) is 0 Å². The summed E-state index contributed by atoms with van der Waals surface area (Å²) >= 11 is 0. The number of rotatable bonds is 18. The Morgan fingerprint density at radius 2 is 1.03 bits per heavy atom. The van der Waals surface area contributed by atoms with Gasteiger partial charge in [0.1, 0.15) is 0 Å². The van der Waals surface area contributed by atoms with Crippen molar-refractivity contribution in [1.82, 2.24) is 0 Å². The van der Waals surface area contributed by atoms with Gasteiger partial charge in [0.05, 0.1) is 11.8 Å². The molecule has 0 spiro atoms. The Labute approximate surface area is 179 Å². The Kier molecular flexibility index (Phi) is 20.2. The lowest BCUT2D eigenvalue weighted by molar-refractivity contribution is -0.143. The number of unbranched alkanes of at least 4 members (excludes halogenated alkanes) is 6. The van der Waals surface area contributed by atoms with Crippen LogP contribution in [0.4, 0.5) is 0 Å². The first kappa shape index (κ1) is 30.1. The monoisotopic (exact) mass is 432 g/mol. The van der Waals surface area contributed by atoms with Gasteiger partial charge in [-0.2, -0.15) is 0 Å². The highest BCUT2D eigenvalue weighted by molar-refractivity contribution is 5.70. The summed E-state index contributed by atoms with van der Waals surface area (Å²) in [5.41, 5.74) is 0. The van der Waals surface area contributed by atoms with Crippen molar-refractivity contribution < 1.29 is 39.6 Å². The largest absolute Gasteiger partial charge is 0.481 e. The molecule has 0 aliphatic heterocycles. The highest BCUT2D eigenvalue weighted by atomic mass is 16.4. The first-order chi connectivity index (χ1) is 14.1. The van der Waals surface area contributed by atoms with Gasteiger partial charge in [-0.05, 0) is 32.1 Å². The molecule has 0 heterocycles. The van der Waals surface area contributed by atoms with Crippen LogP contribution in [-0.4, -0.2) is 44.3 Å². The molecule has 8 heteroatoms. The highest BCUT2D eigenvalue weighted by Gasteiger charge is 2.15. The molecule has 0 rings (SSSR count). The maximum absolute atomic E-state index is 10.9. The Morgan fingerprint density at radius 1 is 0.600 bits per heavy atom. The summed E-state index contributed by atoms with van der Waals surface area (Å²) in [5, 5.41) is 34.3. The van der Waals surface area contributed by atoms with Crippen LogP contribution in [0.5, 0.6) is 0 Å². The second-order valence-corrected chi connectivity index (χ2v) is 7.76. The average Bonchev–Trinajstić information content (AvgIpc) is 2.66. The maximum atomic E-state index is 10.9. The molecule has 30 heavy (non-hydrogen) atoms. The van der Waals surface area contributed by atoms with Gasteiger partial charge in [0.15, 0.2) is 0 Å². The number of carbonyl (C=O) groups is 4. The second kappa shape index (κ2) is 20.2.